The molecule has 6 nitrogen and oxygen atoms in total. The molecule has 1 saturated heterocycles. The summed E-state index contributed by atoms with van der Waals surface area (Å²) in [4.78, 5) is 31.7. The lowest BCUT2D eigenvalue weighted by Crippen LogP contribution is -2.52. The number of benzene rings is 2. The van der Waals surface area contributed by atoms with E-state index in [1.165, 1.54) is 0 Å². The first-order chi connectivity index (χ1) is 14.0. The highest BCUT2D eigenvalue weighted by molar-refractivity contribution is 6.46. The predicted molar refractivity (Wildman–Crippen MR) is 113 cm³/mol. The topological polar surface area (TPSA) is 73.8 Å². The fraction of sp³-hybridized carbons (Fsp3) is 0.348. The van der Waals surface area contributed by atoms with Gasteiger partial charge in [-0.1, -0.05) is 60.2 Å². The summed E-state index contributed by atoms with van der Waals surface area (Å²) in [5.74, 6) is -0.0907. The normalized spacial score (nSPS) is 18.4. The van der Waals surface area contributed by atoms with E-state index in [-0.39, 0.29) is 11.8 Å². The van der Waals surface area contributed by atoms with Gasteiger partial charge >= 0.3 is 0 Å². The zero-order chi connectivity index (χ0) is 20.3. The first-order valence-corrected chi connectivity index (χ1v) is 10.1. The van der Waals surface area contributed by atoms with Crippen LogP contribution in [0.2, 0.25) is 0 Å². The van der Waals surface area contributed by atoms with E-state index in [0.717, 1.165) is 29.8 Å². The zero-order valence-electron chi connectivity index (χ0n) is 16.6. The van der Waals surface area contributed by atoms with Gasteiger partial charge in [0.15, 0.2) is 0 Å². The molecule has 2 amide bonds. The largest absolute Gasteiger partial charge is 0.351 e. The molecule has 2 aromatic rings. The molecule has 2 aliphatic rings. The third-order valence-electron chi connectivity index (χ3n) is 5.60. The number of likely N-dealkylation sites (tertiary alicyclic amines) is 1. The second kappa shape index (κ2) is 8.17. The van der Waals surface area contributed by atoms with Crippen LogP contribution in [0.4, 0.5) is 0 Å². The Bertz CT molecular complexity index is 914. The van der Waals surface area contributed by atoms with Crippen LogP contribution in [0.25, 0.3) is 0 Å². The number of nitrogens with one attached hydrogen (secondary N) is 2. The average Bonchev–Trinajstić information content (AvgIpc) is 3.05. The molecule has 0 unspecified atom stereocenters. The van der Waals surface area contributed by atoms with Gasteiger partial charge in [-0.05, 0) is 12.5 Å². The molecule has 2 aromatic carbocycles. The van der Waals surface area contributed by atoms with Crippen molar-refractivity contribution in [1.82, 2.24) is 15.5 Å². The van der Waals surface area contributed by atoms with Crippen LogP contribution in [-0.4, -0.2) is 47.7 Å². The monoisotopic (exact) mass is 390 g/mol. The molecule has 2 N–H and O–H groups in total. The Hall–Kier alpha value is -2.99. The van der Waals surface area contributed by atoms with Crippen molar-refractivity contribution < 1.29 is 9.59 Å². The number of carbonyl (C=O) groups excluding carboxylic acids is 2. The first-order valence-electron chi connectivity index (χ1n) is 10.1. The molecule has 2 aliphatic heterocycles. The maximum Gasteiger partial charge on any atom is 0.272 e. The summed E-state index contributed by atoms with van der Waals surface area (Å²) >= 11 is 0. The van der Waals surface area contributed by atoms with Gasteiger partial charge in [0.2, 0.25) is 5.91 Å². The van der Waals surface area contributed by atoms with Gasteiger partial charge in [-0.2, -0.15) is 0 Å². The third kappa shape index (κ3) is 4.54. The number of aliphatic imine (C=N–C) groups is 1. The molecule has 1 fully saturated rings. The van der Waals surface area contributed by atoms with Crippen LogP contribution in [0.3, 0.4) is 0 Å². The summed E-state index contributed by atoms with van der Waals surface area (Å²) in [6, 6.07) is 17.8. The molecule has 0 atom stereocenters. The minimum atomic E-state index is -0.533. The minimum Gasteiger partial charge on any atom is -0.351 e. The molecule has 1 spiro atoms. The first kappa shape index (κ1) is 19.3. The summed E-state index contributed by atoms with van der Waals surface area (Å²) in [7, 11) is 0. The fourth-order valence-corrected chi connectivity index (χ4v) is 3.84. The number of carbonyl (C=O) groups is 2. The lowest BCUT2D eigenvalue weighted by atomic mass is 9.98. The van der Waals surface area contributed by atoms with Crippen LogP contribution in [-0.2, 0) is 16.1 Å². The average molecular weight is 390 g/mol. The smallest absolute Gasteiger partial charge is 0.272 e. The fourth-order valence-electron chi connectivity index (χ4n) is 3.84. The molecule has 150 valence electrons. The molecule has 0 aromatic heterocycles. The minimum absolute atomic E-state index is 0.0177. The number of hydrogen-bond acceptors (Lipinski definition) is 4. The van der Waals surface area contributed by atoms with Gasteiger partial charge in [-0.3, -0.25) is 19.5 Å². The van der Waals surface area contributed by atoms with Gasteiger partial charge in [0.05, 0.1) is 6.54 Å². The summed E-state index contributed by atoms with van der Waals surface area (Å²) in [5, 5.41) is 6.05. The quantitative estimate of drug-likeness (QED) is 0.820. The van der Waals surface area contributed by atoms with Crippen LogP contribution < -0.4 is 10.6 Å². The molecule has 0 saturated carbocycles. The van der Waals surface area contributed by atoms with E-state index >= 15 is 0 Å². The number of amides is 2. The molecule has 0 bridgehead atoms. The standard InChI is InChI=1S/C23H26N4O2/c1-17-7-9-19(10-8-17)21-22(29)26-23(25-21)11-13-27(14-12-23)16-20(28)24-15-18-5-3-2-4-6-18/h2-10H,11-16H2,1H3,(H,24,28)(H,26,29). The second-order valence-electron chi connectivity index (χ2n) is 7.85. The summed E-state index contributed by atoms with van der Waals surface area (Å²) in [6.45, 7) is 4.38. The van der Waals surface area contributed by atoms with Gasteiger partial charge < -0.3 is 10.6 Å². The zero-order valence-corrected chi connectivity index (χ0v) is 16.6. The van der Waals surface area contributed by atoms with Gasteiger partial charge in [0.25, 0.3) is 5.91 Å². The van der Waals surface area contributed by atoms with Crippen LogP contribution in [0, 0.1) is 6.92 Å². The van der Waals surface area contributed by atoms with Crippen molar-refractivity contribution in [2.75, 3.05) is 19.6 Å². The van der Waals surface area contributed by atoms with Crippen LogP contribution in [0.15, 0.2) is 59.6 Å². The van der Waals surface area contributed by atoms with E-state index in [4.69, 9.17) is 4.99 Å². The lowest BCUT2D eigenvalue weighted by molar-refractivity contribution is -0.123. The van der Waals surface area contributed by atoms with Crippen molar-refractivity contribution in [2.24, 2.45) is 4.99 Å². The van der Waals surface area contributed by atoms with Crippen molar-refractivity contribution in [2.45, 2.75) is 32.0 Å². The van der Waals surface area contributed by atoms with Gasteiger partial charge in [0, 0.05) is 38.0 Å². The van der Waals surface area contributed by atoms with E-state index in [0.29, 0.717) is 31.6 Å². The lowest BCUT2D eigenvalue weighted by Gasteiger charge is -2.36. The van der Waals surface area contributed by atoms with E-state index in [1.807, 2.05) is 61.5 Å². The molecule has 0 radical (unpaired) electrons. The molecule has 4 rings (SSSR count). The highest BCUT2D eigenvalue weighted by Crippen LogP contribution is 2.28. The Morgan fingerprint density at radius 3 is 2.48 bits per heavy atom. The van der Waals surface area contributed by atoms with E-state index in [9.17, 15) is 9.59 Å². The molecule has 0 aliphatic carbocycles. The maximum atomic E-state index is 12.5. The number of piperidine rings is 1. The third-order valence-corrected chi connectivity index (χ3v) is 5.60. The highest BCUT2D eigenvalue weighted by Gasteiger charge is 2.42. The summed E-state index contributed by atoms with van der Waals surface area (Å²) in [6.07, 6.45) is 1.42. The summed E-state index contributed by atoms with van der Waals surface area (Å²) < 4.78 is 0. The highest BCUT2D eigenvalue weighted by atomic mass is 16.2. The van der Waals surface area contributed by atoms with Gasteiger partial charge in [-0.25, -0.2) is 0 Å². The second-order valence-corrected chi connectivity index (χ2v) is 7.85. The molecular formula is C23H26N4O2. The van der Waals surface area contributed by atoms with Crippen molar-refractivity contribution in [3.63, 3.8) is 0 Å². The van der Waals surface area contributed by atoms with Crippen LogP contribution in [0.5, 0.6) is 0 Å². The van der Waals surface area contributed by atoms with Crippen LogP contribution in [0.1, 0.15) is 29.5 Å². The number of aryl methyl sites for hydroxylation is 1. The van der Waals surface area contributed by atoms with Gasteiger partial charge in [0.1, 0.15) is 11.4 Å². The Labute approximate surface area is 171 Å². The Morgan fingerprint density at radius 1 is 1.10 bits per heavy atom. The van der Waals surface area contributed by atoms with Crippen molar-refractivity contribution in [1.29, 1.82) is 0 Å². The Balaban J connectivity index is 1.31. The van der Waals surface area contributed by atoms with Crippen molar-refractivity contribution >= 4 is 17.5 Å². The Morgan fingerprint density at radius 2 is 1.79 bits per heavy atom. The van der Waals surface area contributed by atoms with E-state index in [1.54, 1.807) is 0 Å². The SMILES string of the molecule is Cc1ccc(C2=NC3(CCN(CC(=O)NCc4ccccc4)CC3)NC2=O)cc1. The number of rotatable bonds is 5. The summed E-state index contributed by atoms with van der Waals surface area (Å²) in [5.41, 5.74) is 3.08. The molecular weight excluding hydrogens is 364 g/mol. The predicted octanol–water partition coefficient (Wildman–Crippen LogP) is 2.02. The number of hydrogen-bond donors (Lipinski definition) is 2. The molecule has 2 heterocycles. The van der Waals surface area contributed by atoms with Crippen LogP contribution >= 0.6 is 0 Å². The molecule has 6 heteroatoms. The van der Waals surface area contributed by atoms with E-state index in [2.05, 4.69) is 15.5 Å². The van der Waals surface area contributed by atoms with Crippen molar-refractivity contribution in [3.8, 4) is 0 Å². The Kier molecular flexibility index (Phi) is 5.45. The molecule has 29 heavy (non-hydrogen) atoms. The van der Waals surface area contributed by atoms with Gasteiger partial charge in [-0.15, -0.1) is 0 Å². The van der Waals surface area contributed by atoms with Crippen molar-refractivity contribution in [3.05, 3.63) is 71.3 Å². The maximum absolute atomic E-state index is 12.5. The van der Waals surface area contributed by atoms with E-state index < -0.39 is 5.66 Å². The number of nitrogens with zero attached hydrogens (tertiary/aromatic N) is 2.